The van der Waals surface area contributed by atoms with Gasteiger partial charge in [0.15, 0.2) is 6.29 Å². The number of piperazine rings is 1. The molecule has 11 heteroatoms. The Balaban J connectivity index is 1.09. The van der Waals surface area contributed by atoms with E-state index < -0.39 is 12.3 Å². The van der Waals surface area contributed by atoms with Gasteiger partial charge in [-0.05, 0) is 52.8 Å². The highest BCUT2D eigenvalue weighted by Gasteiger charge is 2.34. The van der Waals surface area contributed by atoms with Gasteiger partial charge in [-0.25, -0.2) is 9.97 Å². The zero-order valence-corrected chi connectivity index (χ0v) is 28.2. The van der Waals surface area contributed by atoms with Crippen LogP contribution in [0.2, 0.25) is 0 Å². The van der Waals surface area contributed by atoms with Crippen molar-refractivity contribution < 1.29 is 29.3 Å². The summed E-state index contributed by atoms with van der Waals surface area (Å²) in [6.07, 6.45) is 4.98. The number of benzene rings is 3. The van der Waals surface area contributed by atoms with E-state index in [0.29, 0.717) is 25.8 Å². The Morgan fingerprint density at radius 1 is 0.800 bits per heavy atom. The first kappa shape index (κ1) is 35.2. The largest absolute Gasteiger partial charge is 0.481 e. The van der Waals surface area contributed by atoms with Crippen LogP contribution >= 0.6 is 0 Å². The molecule has 0 saturated carbocycles. The number of rotatable bonds is 14. The fourth-order valence-corrected chi connectivity index (χ4v) is 6.45. The van der Waals surface area contributed by atoms with Crippen LogP contribution in [0.5, 0.6) is 0 Å². The number of aliphatic carboxylic acids is 1. The minimum atomic E-state index is -0.840. The molecule has 0 unspecified atom stereocenters. The van der Waals surface area contributed by atoms with E-state index in [9.17, 15) is 14.7 Å². The summed E-state index contributed by atoms with van der Waals surface area (Å²) in [6, 6.07) is 26.1. The molecule has 4 aromatic rings. The highest BCUT2D eigenvalue weighted by atomic mass is 16.7. The molecule has 3 atom stereocenters. The maximum absolute atomic E-state index is 12.2. The third kappa shape index (κ3) is 9.72. The van der Waals surface area contributed by atoms with Crippen LogP contribution in [0.1, 0.15) is 66.8 Å². The molecule has 0 radical (unpaired) electrons. The molecule has 3 aromatic carbocycles. The van der Waals surface area contributed by atoms with Crippen molar-refractivity contribution in [1.82, 2.24) is 20.2 Å². The van der Waals surface area contributed by atoms with Crippen LogP contribution in [0.15, 0.2) is 91.3 Å². The smallest absolute Gasteiger partial charge is 0.303 e. The monoisotopic (exact) mass is 679 g/mol. The lowest BCUT2D eigenvalue weighted by molar-refractivity contribution is -0.253. The van der Waals surface area contributed by atoms with Crippen LogP contribution in [0.3, 0.4) is 0 Å². The van der Waals surface area contributed by atoms with Crippen LogP contribution in [0, 0.1) is 0 Å². The average molecular weight is 680 g/mol. The number of carboxylic acid groups (broad SMARTS) is 1. The third-order valence-electron chi connectivity index (χ3n) is 9.26. The summed E-state index contributed by atoms with van der Waals surface area (Å²) in [4.78, 5) is 36.4. The van der Waals surface area contributed by atoms with Crippen molar-refractivity contribution in [1.29, 1.82) is 0 Å². The Hall–Kier alpha value is -4.68. The standard InChI is InChI=1S/C39H45N5O6/c45-27-28-9-11-31(12-10-28)35-24-34(26-43-19-21-44(22-20-43)39-40-17-4-18-41-39)49-38(50-35)32-15-13-30(14-16-32)33-6-3-5-29(23-33)25-42-36(46)7-1-2-8-37(47)48/h3-6,9-18,23,34-35,38,45H,1-2,7-8,19-22,24-27H2,(H,42,46)(H,47,48)/t34-,35+,38+/m1/s1. The number of aromatic nitrogens is 2. The quantitative estimate of drug-likeness (QED) is 0.151. The van der Waals surface area contributed by atoms with Crippen molar-refractivity contribution in [2.75, 3.05) is 37.6 Å². The van der Waals surface area contributed by atoms with Crippen LogP contribution in [0.25, 0.3) is 11.1 Å². The van der Waals surface area contributed by atoms with Crippen LogP contribution in [-0.4, -0.2) is 75.8 Å². The molecule has 2 fully saturated rings. The van der Waals surface area contributed by atoms with E-state index in [-0.39, 0.29) is 31.1 Å². The number of anilines is 1. The van der Waals surface area contributed by atoms with Gasteiger partial charge in [0, 0.05) is 76.5 Å². The predicted molar refractivity (Wildman–Crippen MR) is 189 cm³/mol. The lowest BCUT2D eigenvalue weighted by Crippen LogP contribution is -2.50. The second kappa shape index (κ2) is 17.3. The SMILES string of the molecule is O=C(O)CCCCC(=O)NCc1cccc(-c2ccc([C@H]3O[C@@H](CN4CCN(c5ncccn5)CC4)C[C@@H](c4ccc(CO)cc4)O3)cc2)c1. The number of hydrogen-bond donors (Lipinski definition) is 3. The number of nitrogens with zero attached hydrogens (tertiary/aromatic N) is 4. The first-order valence-electron chi connectivity index (χ1n) is 17.4. The number of ether oxygens (including phenoxy) is 2. The van der Waals surface area contributed by atoms with E-state index >= 15 is 0 Å². The summed E-state index contributed by atoms with van der Waals surface area (Å²) >= 11 is 0. The minimum Gasteiger partial charge on any atom is -0.481 e. The van der Waals surface area contributed by atoms with Crippen molar-refractivity contribution >= 4 is 17.8 Å². The molecule has 6 rings (SSSR count). The molecule has 0 spiro atoms. The van der Waals surface area contributed by atoms with Gasteiger partial charge >= 0.3 is 5.97 Å². The van der Waals surface area contributed by atoms with Crippen LogP contribution in [-0.2, 0) is 32.2 Å². The number of nitrogens with one attached hydrogen (secondary N) is 1. The first-order valence-corrected chi connectivity index (χ1v) is 17.4. The van der Waals surface area contributed by atoms with Gasteiger partial charge in [0.05, 0.1) is 18.8 Å². The highest BCUT2D eigenvalue weighted by Crippen LogP contribution is 2.39. The summed E-state index contributed by atoms with van der Waals surface area (Å²) in [5.74, 6) is -0.152. The molecule has 2 saturated heterocycles. The van der Waals surface area contributed by atoms with Crippen LogP contribution in [0.4, 0.5) is 5.95 Å². The number of unbranched alkanes of at least 4 members (excludes halogenated alkanes) is 1. The Morgan fingerprint density at radius 2 is 1.52 bits per heavy atom. The molecule has 2 aliphatic heterocycles. The molecule has 11 nitrogen and oxygen atoms in total. The number of carboxylic acids is 1. The second-order valence-electron chi connectivity index (χ2n) is 12.9. The van der Waals surface area contributed by atoms with E-state index in [1.807, 2.05) is 48.5 Å². The Morgan fingerprint density at radius 3 is 2.24 bits per heavy atom. The third-order valence-corrected chi connectivity index (χ3v) is 9.26. The van der Waals surface area contributed by atoms with E-state index in [0.717, 1.165) is 78.5 Å². The Bertz CT molecular complexity index is 1680. The molecule has 0 bridgehead atoms. The summed E-state index contributed by atoms with van der Waals surface area (Å²) in [6.45, 7) is 4.69. The normalized spacial score (nSPS) is 19.6. The maximum Gasteiger partial charge on any atom is 0.303 e. The topological polar surface area (TPSA) is 137 Å². The summed E-state index contributed by atoms with van der Waals surface area (Å²) < 4.78 is 13.2. The number of aliphatic hydroxyl groups is 1. The van der Waals surface area contributed by atoms with E-state index in [2.05, 4.69) is 55.4 Å². The number of carbonyl (C=O) groups is 2. The van der Waals surface area contributed by atoms with Gasteiger partial charge in [-0.15, -0.1) is 0 Å². The van der Waals surface area contributed by atoms with E-state index in [1.54, 1.807) is 12.4 Å². The molecule has 0 aliphatic carbocycles. The minimum absolute atomic E-state index is 0.000237. The molecule has 3 heterocycles. The summed E-state index contributed by atoms with van der Waals surface area (Å²) in [7, 11) is 0. The molecule has 3 N–H and O–H groups in total. The molecular formula is C39H45N5O6. The molecule has 1 aromatic heterocycles. The van der Waals surface area contributed by atoms with Gasteiger partial charge in [0.25, 0.3) is 0 Å². The summed E-state index contributed by atoms with van der Waals surface area (Å²) in [5, 5.41) is 21.3. The van der Waals surface area contributed by atoms with Crippen molar-refractivity contribution in [3.05, 3.63) is 114 Å². The van der Waals surface area contributed by atoms with Gasteiger partial charge in [-0.3, -0.25) is 14.5 Å². The van der Waals surface area contributed by atoms with Crippen LogP contribution < -0.4 is 10.2 Å². The predicted octanol–water partition coefficient (Wildman–Crippen LogP) is 5.26. The number of aliphatic hydroxyl groups excluding tert-OH is 1. The molecular weight excluding hydrogens is 634 g/mol. The maximum atomic E-state index is 12.2. The average Bonchev–Trinajstić information content (AvgIpc) is 3.16. The molecule has 2 aliphatic rings. The van der Waals surface area contributed by atoms with Gasteiger partial charge in [0.1, 0.15) is 0 Å². The lowest BCUT2D eigenvalue weighted by Gasteiger charge is -2.40. The summed E-state index contributed by atoms with van der Waals surface area (Å²) in [5.41, 5.74) is 5.93. The Labute approximate surface area is 292 Å². The van der Waals surface area contributed by atoms with Gasteiger partial charge in [-0.2, -0.15) is 0 Å². The molecule has 50 heavy (non-hydrogen) atoms. The zero-order chi connectivity index (χ0) is 34.7. The lowest BCUT2D eigenvalue weighted by atomic mass is 9.98. The van der Waals surface area contributed by atoms with Crippen molar-refractivity contribution in [2.45, 2.75) is 63.8 Å². The number of hydrogen-bond acceptors (Lipinski definition) is 9. The van der Waals surface area contributed by atoms with Crippen molar-refractivity contribution in [3.63, 3.8) is 0 Å². The second-order valence-corrected chi connectivity index (χ2v) is 12.9. The van der Waals surface area contributed by atoms with E-state index in [1.165, 1.54) is 0 Å². The fraction of sp³-hybridized carbons (Fsp3) is 0.385. The van der Waals surface area contributed by atoms with Crippen molar-refractivity contribution in [2.24, 2.45) is 0 Å². The number of carbonyl (C=O) groups excluding carboxylic acids is 1. The molecule has 1 amide bonds. The zero-order valence-electron chi connectivity index (χ0n) is 28.2. The first-order chi connectivity index (χ1) is 24.4. The van der Waals surface area contributed by atoms with Gasteiger partial charge in [-0.1, -0.05) is 66.7 Å². The van der Waals surface area contributed by atoms with Crippen molar-refractivity contribution in [3.8, 4) is 11.1 Å². The Kier molecular flexibility index (Phi) is 12.2. The highest BCUT2D eigenvalue weighted by molar-refractivity contribution is 5.76. The molecule has 262 valence electrons. The van der Waals surface area contributed by atoms with Gasteiger partial charge < -0.3 is 29.9 Å². The number of amides is 1. The van der Waals surface area contributed by atoms with Gasteiger partial charge in [0.2, 0.25) is 11.9 Å². The fourth-order valence-electron chi connectivity index (χ4n) is 6.45. The van der Waals surface area contributed by atoms with E-state index in [4.69, 9.17) is 14.6 Å².